The van der Waals surface area contributed by atoms with Gasteiger partial charge in [0.25, 0.3) is 0 Å². The number of halogens is 1. The molecule has 0 bridgehead atoms. The summed E-state index contributed by atoms with van der Waals surface area (Å²) in [7, 11) is 2.18. The third kappa shape index (κ3) is 2.94. The predicted octanol–water partition coefficient (Wildman–Crippen LogP) is 2.71. The maximum atomic E-state index is 5.92. The fourth-order valence-corrected chi connectivity index (χ4v) is 3.35. The Hall–Kier alpha value is -0.0900. The quantitative estimate of drug-likeness (QED) is 0.886. The van der Waals surface area contributed by atoms with Crippen molar-refractivity contribution in [1.29, 1.82) is 0 Å². The maximum absolute atomic E-state index is 5.92. The normalized spacial score (nSPS) is 26.4. The summed E-state index contributed by atoms with van der Waals surface area (Å²) in [4.78, 5) is 3.73. The zero-order valence-corrected chi connectivity index (χ0v) is 10.5. The van der Waals surface area contributed by atoms with E-state index in [0.29, 0.717) is 12.1 Å². The molecule has 2 atom stereocenters. The van der Waals surface area contributed by atoms with E-state index in [2.05, 4.69) is 18.0 Å². The lowest BCUT2D eigenvalue weighted by atomic mass is 10.2. The van der Waals surface area contributed by atoms with Gasteiger partial charge in [0.15, 0.2) is 0 Å². The Morgan fingerprint density at radius 1 is 1.53 bits per heavy atom. The van der Waals surface area contributed by atoms with Gasteiger partial charge in [-0.3, -0.25) is 4.90 Å². The summed E-state index contributed by atoms with van der Waals surface area (Å²) in [6.07, 6.45) is 3.53. The molecule has 1 aromatic heterocycles. The van der Waals surface area contributed by atoms with Gasteiger partial charge in [-0.15, -0.1) is 11.3 Å². The lowest BCUT2D eigenvalue weighted by Crippen LogP contribution is -2.30. The monoisotopic (exact) mass is 244 g/mol. The molecule has 0 radical (unpaired) electrons. The second-order valence-corrected chi connectivity index (χ2v) is 6.15. The smallest absolute Gasteiger partial charge is 0.0931 e. The molecule has 1 aliphatic rings. The lowest BCUT2D eigenvalue weighted by molar-refractivity contribution is 0.237. The number of nitrogens with zero attached hydrogens (tertiary/aromatic N) is 1. The molecular formula is C11H17ClN2S. The zero-order valence-electron chi connectivity index (χ0n) is 8.95. The first kappa shape index (κ1) is 11.4. The van der Waals surface area contributed by atoms with Crippen molar-refractivity contribution in [2.24, 2.45) is 5.73 Å². The van der Waals surface area contributed by atoms with Crippen molar-refractivity contribution in [3.8, 4) is 0 Å². The van der Waals surface area contributed by atoms with Crippen molar-refractivity contribution in [3.05, 3.63) is 21.3 Å². The molecule has 2 nitrogen and oxygen atoms in total. The van der Waals surface area contributed by atoms with Gasteiger partial charge in [0.1, 0.15) is 0 Å². The van der Waals surface area contributed by atoms with Crippen molar-refractivity contribution in [2.45, 2.75) is 37.9 Å². The maximum Gasteiger partial charge on any atom is 0.0931 e. The summed E-state index contributed by atoms with van der Waals surface area (Å²) in [5, 5.41) is 0. The molecule has 1 aliphatic carbocycles. The second kappa shape index (κ2) is 4.83. The summed E-state index contributed by atoms with van der Waals surface area (Å²) in [6, 6.07) is 5.14. The molecule has 0 aliphatic heterocycles. The molecule has 1 saturated carbocycles. The van der Waals surface area contributed by atoms with Crippen LogP contribution in [0.2, 0.25) is 4.34 Å². The minimum absolute atomic E-state index is 0.407. The first-order chi connectivity index (χ1) is 7.15. The zero-order chi connectivity index (χ0) is 10.8. The van der Waals surface area contributed by atoms with Crippen LogP contribution in [0.4, 0.5) is 0 Å². The minimum Gasteiger partial charge on any atom is -0.328 e. The fraction of sp³-hybridized carbons (Fsp3) is 0.636. The molecule has 0 saturated heterocycles. The average Bonchev–Trinajstić information content (AvgIpc) is 2.75. The Morgan fingerprint density at radius 2 is 2.33 bits per heavy atom. The highest BCUT2D eigenvalue weighted by Crippen LogP contribution is 2.26. The molecule has 0 amide bonds. The first-order valence-electron chi connectivity index (χ1n) is 5.35. The summed E-state index contributed by atoms with van der Waals surface area (Å²) < 4.78 is 0.876. The van der Waals surface area contributed by atoms with Crippen LogP contribution < -0.4 is 5.73 Å². The number of thiophene rings is 1. The summed E-state index contributed by atoms with van der Waals surface area (Å²) in [5.74, 6) is 0. The van der Waals surface area contributed by atoms with Crippen LogP contribution in [0.15, 0.2) is 12.1 Å². The molecule has 0 aromatic carbocycles. The van der Waals surface area contributed by atoms with E-state index in [1.807, 2.05) is 6.07 Å². The van der Waals surface area contributed by atoms with Crippen molar-refractivity contribution in [1.82, 2.24) is 4.90 Å². The standard InChI is InChI=1S/C11H17ClN2S/c1-14(9-3-2-8(13)6-9)7-10-4-5-11(12)15-10/h4-5,8-9H,2-3,6-7,13H2,1H3. The summed E-state index contributed by atoms with van der Waals surface area (Å²) in [5.41, 5.74) is 5.92. The third-order valence-corrected chi connectivity index (χ3v) is 4.32. The van der Waals surface area contributed by atoms with Crippen molar-refractivity contribution >= 4 is 22.9 Å². The van der Waals surface area contributed by atoms with Crippen LogP contribution in [0.25, 0.3) is 0 Å². The van der Waals surface area contributed by atoms with E-state index in [0.717, 1.165) is 17.3 Å². The summed E-state index contributed by atoms with van der Waals surface area (Å²) >= 11 is 7.57. The van der Waals surface area contributed by atoms with E-state index >= 15 is 0 Å². The average molecular weight is 245 g/mol. The van der Waals surface area contributed by atoms with E-state index in [1.54, 1.807) is 11.3 Å². The van der Waals surface area contributed by atoms with E-state index < -0.39 is 0 Å². The van der Waals surface area contributed by atoms with E-state index in [4.69, 9.17) is 17.3 Å². The van der Waals surface area contributed by atoms with Gasteiger partial charge in [0.2, 0.25) is 0 Å². The van der Waals surface area contributed by atoms with Crippen LogP contribution in [0.3, 0.4) is 0 Å². The SMILES string of the molecule is CN(Cc1ccc(Cl)s1)C1CCC(N)C1. The molecule has 1 fully saturated rings. The van der Waals surface area contributed by atoms with Crippen LogP contribution in [0.1, 0.15) is 24.1 Å². The fourth-order valence-electron chi connectivity index (χ4n) is 2.20. The van der Waals surface area contributed by atoms with E-state index in [-0.39, 0.29) is 0 Å². The Kier molecular flexibility index (Phi) is 3.67. The largest absolute Gasteiger partial charge is 0.328 e. The molecule has 0 spiro atoms. The Morgan fingerprint density at radius 3 is 2.87 bits per heavy atom. The second-order valence-electron chi connectivity index (χ2n) is 4.35. The van der Waals surface area contributed by atoms with Crippen LogP contribution in [0, 0.1) is 0 Å². The van der Waals surface area contributed by atoms with Gasteiger partial charge in [-0.2, -0.15) is 0 Å². The Balaban J connectivity index is 1.89. The number of rotatable bonds is 3. The highest BCUT2D eigenvalue weighted by atomic mass is 35.5. The molecular weight excluding hydrogens is 228 g/mol. The van der Waals surface area contributed by atoms with E-state index in [9.17, 15) is 0 Å². The Bertz CT molecular complexity index is 326. The van der Waals surface area contributed by atoms with Gasteiger partial charge in [0, 0.05) is 23.5 Å². The van der Waals surface area contributed by atoms with Crippen molar-refractivity contribution < 1.29 is 0 Å². The molecule has 2 rings (SSSR count). The molecule has 84 valence electrons. The minimum atomic E-state index is 0.407. The topological polar surface area (TPSA) is 29.3 Å². The lowest BCUT2D eigenvalue weighted by Gasteiger charge is -2.23. The molecule has 1 aromatic rings. The molecule has 15 heavy (non-hydrogen) atoms. The van der Waals surface area contributed by atoms with Crippen molar-refractivity contribution in [3.63, 3.8) is 0 Å². The van der Waals surface area contributed by atoms with Gasteiger partial charge >= 0.3 is 0 Å². The predicted molar refractivity (Wildman–Crippen MR) is 66.4 cm³/mol. The van der Waals surface area contributed by atoms with Gasteiger partial charge in [0.05, 0.1) is 4.34 Å². The van der Waals surface area contributed by atoms with Crippen LogP contribution in [-0.4, -0.2) is 24.0 Å². The van der Waals surface area contributed by atoms with Gasteiger partial charge in [-0.05, 0) is 38.4 Å². The van der Waals surface area contributed by atoms with E-state index in [1.165, 1.54) is 17.7 Å². The van der Waals surface area contributed by atoms with Crippen LogP contribution in [0.5, 0.6) is 0 Å². The highest BCUT2D eigenvalue weighted by molar-refractivity contribution is 7.16. The summed E-state index contributed by atoms with van der Waals surface area (Å²) in [6.45, 7) is 0.995. The van der Waals surface area contributed by atoms with Gasteiger partial charge in [-0.1, -0.05) is 11.6 Å². The van der Waals surface area contributed by atoms with Crippen LogP contribution in [-0.2, 0) is 6.54 Å². The van der Waals surface area contributed by atoms with Crippen LogP contribution >= 0.6 is 22.9 Å². The highest BCUT2D eigenvalue weighted by Gasteiger charge is 2.25. The van der Waals surface area contributed by atoms with Crippen molar-refractivity contribution in [2.75, 3.05) is 7.05 Å². The molecule has 2 N–H and O–H groups in total. The number of hydrogen-bond donors (Lipinski definition) is 1. The molecule has 4 heteroatoms. The number of nitrogens with two attached hydrogens (primary N) is 1. The Labute approximate surface area is 100 Å². The van der Waals surface area contributed by atoms with Gasteiger partial charge in [-0.25, -0.2) is 0 Å². The van der Waals surface area contributed by atoms with Gasteiger partial charge < -0.3 is 5.73 Å². The number of hydrogen-bond acceptors (Lipinski definition) is 3. The molecule has 2 unspecified atom stereocenters. The molecule has 1 heterocycles. The first-order valence-corrected chi connectivity index (χ1v) is 6.54. The third-order valence-electron chi connectivity index (χ3n) is 3.10.